The topological polar surface area (TPSA) is 101 Å². The highest BCUT2D eigenvalue weighted by Gasteiger charge is 2.36. The minimum atomic E-state index is -0.982. The van der Waals surface area contributed by atoms with Crippen LogP contribution in [0.25, 0.3) is 20.5 Å². The maximum atomic E-state index is 10.4. The molecule has 0 saturated carbocycles. The van der Waals surface area contributed by atoms with Gasteiger partial charge in [-0.1, -0.05) is 35.1 Å². The lowest BCUT2D eigenvalue weighted by Gasteiger charge is -2.36. The predicted octanol–water partition coefficient (Wildman–Crippen LogP) is 4.54. The van der Waals surface area contributed by atoms with Crippen LogP contribution in [0.3, 0.4) is 0 Å². The molecule has 5 rings (SSSR count). The van der Waals surface area contributed by atoms with Crippen LogP contribution in [0.15, 0.2) is 48.9 Å². The van der Waals surface area contributed by atoms with Crippen LogP contribution in [-0.4, -0.2) is 48.7 Å². The fourth-order valence-electron chi connectivity index (χ4n) is 3.84. The molecule has 4 heterocycles. The van der Waals surface area contributed by atoms with E-state index in [1.807, 2.05) is 37.4 Å². The molecule has 1 fully saturated rings. The second-order valence-electron chi connectivity index (χ2n) is 7.96. The average Bonchev–Trinajstić information content (AvgIpc) is 3.48. The molecule has 0 bridgehead atoms. The molecule has 7 nitrogen and oxygen atoms in total. The summed E-state index contributed by atoms with van der Waals surface area (Å²) >= 11 is 9.52. The van der Waals surface area contributed by atoms with Gasteiger partial charge < -0.3 is 14.9 Å². The Labute approximate surface area is 203 Å². The van der Waals surface area contributed by atoms with Crippen molar-refractivity contribution in [3.63, 3.8) is 0 Å². The summed E-state index contributed by atoms with van der Waals surface area (Å²) < 4.78 is 5.91. The SMILES string of the molecule is CC1CC(O)C(O)C(c2ccc(Cl)c(Cc3nnc(-c4cnc(-c5ccncc5)s4)s3)c2)O1. The van der Waals surface area contributed by atoms with E-state index in [2.05, 4.69) is 20.2 Å². The van der Waals surface area contributed by atoms with Crippen molar-refractivity contribution in [3.8, 4) is 20.5 Å². The first-order valence-electron chi connectivity index (χ1n) is 10.5. The van der Waals surface area contributed by atoms with Crippen molar-refractivity contribution in [2.45, 2.75) is 44.2 Å². The Balaban J connectivity index is 1.36. The lowest BCUT2D eigenvalue weighted by atomic mass is 9.92. The summed E-state index contributed by atoms with van der Waals surface area (Å²) in [6.07, 6.45) is 3.67. The lowest BCUT2D eigenvalue weighted by molar-refractivity contribution is -0.166. The molecule has 3 aromatic heterocycles. The minimum absolute atomic E-state index is 0.144. The highest BCUT2D eigenvalue weighted by atomic mass is 35.5. The van der Waals surface area contributed by atoms with Crippen molar-refractivity contribution in [2.75, 3.05) is 0 Å². The Hall–Kier alpha value is -2.27. The zero-order valence-corrected chi connectivity index (χ0v) is 20.0. The van der Waals surface area contributed by atoms with Crippen LogP contribution in [0, 0.1) is 0 Å². The number of hydrogen-bond acceptors (Lipinski definition) is 9. The molecule has 0 spiro atoms. The predicted molar refractivity (Wildman–Crippen MR) is 128 cm³/mol. The summed E-state index contributed by atoms with van der Waals surface area (Å²) in [7, 11) is 0. The third-order valence-electron chi connectivity index (χ3n) is 5.51. The van der Waals surface area contributed by atoms with E-state index >= 15 is 0 Å². The maximum Gasteiger partial charge on any atom is 0.159 e. The number of hydrogen-bond donors (Lipinski definition) is 2. The van der Waals surface area contributed by atoms with Crippen molar-refractivity contribution in [2.24, 2.45) is 0 Å². The molecule has 0 amide bonds. The van der Waals surface area contributed by atoms with Gasteiger partial charge in [0.15, 0.2) is 5.01 Å². The standard InChI is InChI=1S/C23H21ClN4O3S2/c1-12-8-17(29)20(30)21(31-12)14-2-3-16(24)15(9-14)10-19-27-28-23(33-19)18-11-26-22(32-18)13-4-6-25-7-5-13/h2-7,9,11-12,17,20-21,29-30H,8,10H2,1H3. The van der Waals surface area contributed by atoms with Crippen molar-refractivity contribution in [3.05, 3.63) is 70.1 Å². The highest BCUT2D eigenvalue weighted by Crippen LogP contribution is 2.36. The molecule has 1 aliphatic rings. The van der Waals surface area contributed by atoms with E-state index in [9.17, 15) is 10.2 Å². The number of nitrogens with zero attached hydrogens (tertiary/aromatic N) is 4. The maximum absolute atomic E-state index is 10.4. The Kier molecular flexibility index (Phi) is 6.51. The fraction of sp³-hybridized carbons (Fsp3) is 0.304. The van der Waals surface area contributed by atoms with Crippen LogP contribution < -0.4 is 0 Å². The normalized spacial score (nSPS) is 23.0. The third-order valence-corrected chi connectivity index (χ3v) is 8.01. The van der Waals surface area contributed by atoms with Gasteiger partial charge in [-0.3, -0.25) is 4.98 Å². The molecular formula is C23H21ClN4O3S2. The number of halogens is 1. The van der Waals surface area contributed by atoms with Gasteiger partial charge in [0, 0.05) is 42.0 Å². The van der Waals surface area contributed by atoms with Gasteiger partial charge in [-0.2, -0.15) is 0 Å². The van der Waals surface area contributed by atoms with E-state index in [-0.39, 0.29) is 6.10 Å². The Bertz CT molecular complexity index is 1250. The molecule has 4 unspecified atom stereocenters. The Morgan fingerprint density at radius 3 is 2.73 bits per heavy atom. The first-order chi connectivity index (χ1) is 16.0. The van der Waals surface area contributed by atoms with Crippen LogP contribution in [0.5, 0.6) is 0 Å². The third kappa shape index (κ3) is 4.84. The van der Waals surface area contributed by atoms with Crippen LogP contribution in [0.4, 0.5) is 0 Å². The second-order valence-corrected chi connectivity index (χ2v) is 10.5. The van der Waals surface area contributed by atoms with Gasteiger partial charge in [0.05, 0.1) is 17.1 Å². The molecule has 33 heavy (non-hydrogen) atoms. The van der Waals surface area contributed by atoms with Crippen molar-refractivity contribution in [1.82, 2.24) is 20.2 Å². The van der Waals surface area contributed by atoms with Gasteiger partial charge >= 0.3 is 0 Å². The van der Waals surface area contributed by atoms with Crippen LogP contribution in [-0.2, 0) is 11.2 Å². The number of rotatable bonds is 5. The monoisotopic (exact) mass is 500 g/mol. The highest BCUT2D eigenvalue weighted by molar-refractivity contribution is 7.23. The number of thiazole rings is 1. The van der Waals surface area contributed by atoms with Gasteiger partial charge in [-0.25, -0.2) is 4.98 Å². The molecule has 0 aliphatic carbocycles. The number of aliphatic hydroxyl groups excluding tert-OH is 2. The summed E-state index contributed by atoms with van der Waals surface area (Å²) in [4.78, 5) is 9.50. The first kappa shape index (κ1) is 22.5. The zero-order valence-electron chi connectivity index (χ0n) is 17.6. The molecule has 4 aromatic rings. The molecular weight excluding hydrogens is 480 g/mol. The second kappa shape index (κ2) is 9.54. The number of benzene rings is 1. The van der Waals surface area contributed by atoms with Crippen molar-refractivity contribution >= 4 is 34.3 Å². The van der Waals surface area contributed by atoms with E-state index in [1.54, 1.807) is 29.8 Å². The van der Waals surface area contributed by atoms with E-state index in [1.165, 1.54) is 11.3 Å². The molecule has 2 N–H and O–H groups in total. The minimum Gasteiger partial charge on any atom is -0.390 e. The van der Waals surface area contributed by atoms with Gasteiger partial charge in [-0.05, 0) is 36.2 Å². The number of aliphatic hydroxyl groups is 2. The average molecular weight is 501 g/mol. The number of aromatic nitrogens is 4. The molecule has 170 valence electrons. The van der Waals surface area contributed by atoms with Gasteiger partial charge in [0.2, 0.25) is 0 Å². The fourth-order valence-corrected chi connectivity index (χ4v) is 5.84. The van der Waals surface area contributed by atoms with Crippen LogP contribution >= 0.6 is 34.3 Å². The lowest BCUT2D eigenvalue weighted by Crippen LogP contribution is -2.42. The van der Waals surface area contributed by atoms with Gasteiger partial charge in [0.1, 0.15) is 22.2 Å². The molecule has 1 aliphatic heterocycles. The van der Waals surface area contributed by atoms with Gasteiger partial charge in [0.25, 0.3) is 0 Å². The zero-order chi connectivity index (χ0) is 22.9. The van der Waals surface area contributed by atoms with Crippen molar-refractivity contribution < 1.29 is 14.9 Å². The summed E-state index contributed by atoms with van der Waals surface area (Å²) in [5.74, 6) is 0. The van der Waals surface area contributed by atoms with Crippen LogP contribution in [0.1, 0.15) is 35.6 Å². The van der Waals surface area contributed by atoms with E-state index < -0.39 is 18.3 Å². The van der Waals surface area contributed by atoms with E-state index in [4.69, 9.17) is 16.3 Å². The Morgan fingerprint density at radius 2 is 1.91 bits per heavy atom. The van der Waals surface area contributed by atoms with Crippen molar-refractivity contribution in [1.29, 1.82) is 0 Å². The quantitative estimate of drug-likeness (QED) is 0.415. The summed E-state index contributed by atoms with van der Waals surface area (Å²) in [6, 6.07) is 9.38. The first-order valence-corrected chi connectivity index (χ1v) is 12.5. The summed E-state index contributed by atoms with van der Waals surface area (Å²) in [5.41, 5.74) is 2.66. The van der Waals surface area contributed by atoms with E-state index in [0.717, 1.165) is 36.6 Å². The number of pyridine rings is 1. The molecule has 1 saturated heterocycles. The summed E-state index contributed by atoms with van der Waals surface area (Å²) in [5, 5.41) is 32.4. The smallest absolute Gasteiger partial charge is 0.159 e. The molecule has 4 atom stereocenters. The van der Waals surface area contributed by atoms with Crippen LogP contribution in [0.2, 0.25) is 5.02 Å². The summed E-state index contributed by atoms with van der Waals surface area (Å²) in [6.45, 7) is 1.89. The number of ether oxygens (including phenoxy) is 1. The van der Waals surface area contributed by atoms with E-state index in [0.29, 0.717) is 17.9 Å². The molecule has 0 radical (unpaired) electrons. The molecule has 1 aromatic carbocycles. The largest absolute Gasteiger partial charge is 0.390 e. The van der Waals surface area contributed by atoms with Gasteiger partial charge in [-0.15, -0.1) is 21.5 Å². The molecule has 10 heteroatoms. The Morgan fingerprint density at radius 1 is 1.09 bits per heavy atom.